The molecule has 0 spiro atoms. The molecule has 0 N–H and O–H groups in total. The van der Waals surface area contributed by atoms with Crippen LogP contribution in [0.15, 0.2) is 33.5 Å². The molecule has 0 radical (unpaired) electrons. The molecular formula is C17H11F4NO3. The number of nitrogens with zero attached hydrogens (tertiary/aromatic N) is 1. The van der Waals surface area contributed by atoms with Crippen LogP contribution in [0, 0.1) is 23.5 Å². The second-order valence-corrected chi connectivity index (χ2v) is 5.25. The van der Waals surface area contributed by atoms with E-state index in [0.29, 0.717) is 11.8 Å². The lowest BCUT2D eigenvalue weighted by Crippen LogP contribution is -2.03. The molecule has 8 heteroatoms. The highest BCUT2D eigenvalue weighted by molar-refractivity contribution is 5.81. The fraction of sp³-hybridized carbons (Fsp3) is 0.176. The predicted octanol–water partition coefficient (Wildman–Crippen LogP) is 4.49. The average Bonchev–Trinajstić information content (AvgIpc) is 2.57. The minimum atomic E-state index is -1.83. The normalized spacial score (nSPS) is 11.1. The molecule has 0 unspecified atom stereocenters. The van der Waals surface area contributed by atoms with Crippen LogP contribution in [-0.2, 0) is 6.42 Å². The summed E-state index contributed by atoms with van der Waals surface area (Å²) < 4.78 is 63.5. The first-order valence-corrected chi connectivity index (χ1v) is 7.35. The first-order chi connectivity index (χ1) is 11.9. The van der Waals surface area contributed by atoms with Crippen molar-refractivity contribution in [2.24, 2.45) is 0 Å². The average molecular weight is 353 g/mol. The second-order valence-electron chi connectivity index (χ2n) is 5.25. The molecule has 0 bridgehead atoms. The monoisotopic (exact) mass is 353 g/mol. The van der Waals surface area contributed by atoms with E-state index in [1.807, 2.05) is 6.92 Å². The van der Waals surface area contributed by atoms with E-state index < -0.39 is 34.9 Å². The van der Waals surface area contributed by atoms with Gasteiger partial charge < -0.3 is 9.15 Å². The van der Waals surface area contributed by atoms with Gasteiger partial charge in [0.15, 0.2) is 0 Å². The van der Waals surface area contributed by atoms with Gasteiger partial charge >= 0.3 is 5.63 Å². The lowest BCUT2D eigenvalue weighted by molar-refractivity contribution is 0.343. The van der Waals surface area contributed by atoms with Gasteiger partial charge in [-0.25, -0.2) is 4.79 Å². The van der Waals surface area contributed by atoms with Crippen LogP contribution in [0.4, 0.5) is 17.6 Å². The van der Waals surface area contributed by atoms with Crippen molar-refractivity contribution >= 4 is 11.0 Å². The van der Waals surface area contributed by atoms with Crippen molar-refractivity contribution in [1.82, 2.24) is 4.98 Å². The van der Waals surface area contributed by atoms with Gasteiger partial charge in [-0.15, -0.1) is 0 Å². The molecule has 0 aliphatic carbocycles. The Kier molecular flexibility index (Phi) is 4.43. The predicted molar refractivity (Wildman–Crippen MR) is 80.6 cm³/mol. The summed E-state index contributed by atoms with van der Waals surface area (Å²) in [5, 5.41) is 0.627. The van der Waals surface area contributed by atoms with E-state index in [-0.39, 0.29) is 11.3 Å². The van der Waals surface area contributed by atoms with E-state index in [9.17, 15) is 22.4 Å². The number of fused-ring (bicyclic) bond motifs is 1. The van der Waals surface area contributed by atoms with Crippen molar-refractivity contribution in [3.8, 4) is 11.5 Å². The third-order valence-electron chi connectivity index (χ3n) is 3.50. The molecule has 3 rings (SSSR count). The fourth-order valence-corrected chi connectivity index (χ4v) is 2.43. The smallest absolute Gasteiger partial charge is 0.336 e. The molecule has 0 saturated heterocycles. The van der Waals surface area contributed by atoms with Gasteiger partial charge in [0.25, 0.3) is 11.9 Å². The van der Waals surface area contributed by atoms with Crippen LogP contribution >= 0.6 is 0 Å². The Labute approximate surface area is 138 Å². The summed E-state index contributed by atoms with van der Waals surface area (Å²) >= 11 is 0. The molecule has 4 nitrogen and oxygen atoms in total. The van der Waals surface area contributed by atoms with E-state index in [1.165, 1.54) is 24.3 Å². The molecule has 0 atom stereocenters. The summed E-state index contributed by atoms with van der Waals surface area (Å²) in [5.74, 6) is -8.61. The van der Waals surface area contributed by atoms with Gasteiger partial charge in [-0.2, -0.15) is 22.5 Å². The van der Waals surface area contributed by atoms with E-state index in [2.05, 4.69) is 4.98 Å². The van der Waals surface area contributed by atoms with Crippen LogP contribution in [0.1, 0.15) is 18.9 Å². The number of pyridine rings is 1. The maximum Gasteiger partial charge on any atom is 0.336 e. The Balaban J connectivity index is 2.08. The highest BCUT2D eigenvalue weighted by atomic mass is 19.2. The summed E-state index contributed by atoms with van der Waals surface area (Å²) in [5.41, 5.74) is 0.286. The number of aromatic nitrogens is 1. The van der Waals surface area contributed by atoms with Crippen LogP contribution in [0.2, 0.25) is 0 Å². The van der Waals surface area contributed by atoms with Gasteiger partial charge in [0, 0.05) is 17.5 Å². The van der Waals surface area contributed by atoms with Crippen LogP contribution in [0.3, 0.4) is 0 Å². The van der Waals surface area contributed by atoms with Crippen molar-refractivity contribution in [3.05, 3.63) is 63.8 Å². The minimum Gasteiger partial charge on any atom is -0.451 e. The molecule has 25 heavy (non-hydrogen) atoms. The van der Waals surface area contributed by atoms with E-state index in [4.69, 9.17) is 9.15 Å². The largest absolute Gasteiger partial charge is 0.451 e. The quantitative estimate of drug-likeness (QED) is 0.394. The summed E-state index contributed by atoms with van der Waals surface area (Å²) in [4.78, 5) is 14.1. The van der Waals surface area contributed by atoms with Crippen molar-refractivity contribution in [3.63, 3.8) is 0 Å². The number of benzene rings is 1. The Morgan fingerprint density at radius 2 is 1.76 bits per heavy atom. The Morgan fingerprint density at radius 1 is 1.08 bits per heavy atom. The first kappa shape index (κ1) is 16.9. The first-order valence-electron chi connectivity index (χ1n) is 7.35. The summed E-state index contributed by atoms with van der Waals surface area (Å²) in [6.07, 6.45) is 1.43. The Morgan fingerprint density at radius 3 is 2.40 bits per heavy atom. The molecule has 2 heterocycles. The Bertz CT molecular complexity index is 991. The maximum absolute atomic E-state index is 13.6. The third kappa shape index (κ3) is 3.19. The molecule has 0 aliphatic heterocycles. The zero-order valence-electron chi connectivity index (χ0n) is 12.9. The SMILES string of the molecule is CCCc1cc(=O)oc2cc(Oc3c(F)c(F)nc(F)c3F)ccc12. The third-order valence-corrected chi connectivity index (χ3v) is 3.50. The fourth-order valence-electron chi connectivity index (χ4n) is 2.43. The lowest BCUT2D eigenvalue weighted by Gasteiger charge is -2.10. The molecule has 0 amide bonds. The molecule has 130 valence electrons. The standard InChI is InChI=1S/C17H11F4NO3/c1-2-3-8-6-12(23)25-11-7-9(4-5-10(8)11)24-15-13(18)16(20)22-17(21)14(15)19/h4-7H,2-3H2,1H3. The molecule has 0 fully saturated rings. The molecule has 1 aromatic carbocycles. The number of aryl methyl sites for hydroxylation is 1. The number of hydrogen-bond acceptors (Lipinski definition) is 4. The summed E-state index contributed by atoms with van der Waals surface area (Å²) in [6.45, 7) is 1.94. The minimum absolute atomic E-state index is 0.129. The molecule has 3 aromatic rings. The van der Waals surface area contributed by atoms with Gasteiger partial charge in [-0.1, -0.05) is 13.3 Å². The zero-order valence-corrected chi connectivity index (χ0v) is 12.9. The number of halogens is 4. The van der Waals surface area contributed by atoms with Crippen molar-refractivity contribution in [1.29, 1.82) is 0 Å². The second kappa shape index (κ2) is 6.54. The topological polar surface area (TPSA) is 52.3 Å². The number of rotatable bonds is 4. The van der Waals surface area contributed by atoms with Crippen LogP contribution in [0.5, 0.6) is 11.5 Å². The highest BCUT2D eigenvalue weighted by Crippen LogP contribution is 2.31. The van der Waals surface area contributed by atoms with E-state index >= 15 is 0 Å². The van der Waals surface area contributed by atoms with Crippen molar-refractivity contribution < 1.29 is 26.7 Å². The molecule has 0 saturated carbocycles. The van der Waals surface area contributed by atoms with Gasteiger partial charge in [0.1, 0.15) is 11.3 Å². The summed E-state index contributed by atoms with van der Waals surface area (Å²) in [6, 6.07) is 5.45. The van der Waals surface area contributed by atoms with Gasteiger partial charge in [-0.05, 0) is 24.1 Å². The highest BCUT2D eigenvalue weighted by Gasteiger charge is 2.23. The molecule has 2 aromatic heterocycles. The number of hydrogen-bond donors (Lipinski definition) is 0. The molecular weight excluding hydrogens is 342 g/mol. The maximum atomic E-state index is 13.6. The van der Waals surface area contributed by atoms with E-state index in [0.717, 1.165) is 12.0 Å². The number of ether oxygens (including phenoxy) is 1. The zero-order chi connectivity index (χ0) is 18.1. The van der Waals surface area contributed by atoms with Crippen LogP contribution in [-0.4, -0.2) is 4.98 Å². The van der Waals surface area contributed by atoms with Gasteiger partial charge in [0.2, 0.25) is 17.4 Å². The molecule has 0 aliphatic rings. The summed E-state index contributed by atoms with van der Waals surface area (Å²) in [7, 11) is 0. The van der Waals surface area contributed by atoms with Crippen molar-refractivity contribution in [2.75, 3.05) is 0 Å². The van der Waals surface area contributed by atoms with Gasteiger partial charge in [-0.3, -0.25) is 0 Å². The van der Waals surface area contributed by atoms with Crippen LogP contribution in [0.25, 0.3) is 11.0 Å². The van der Waals surface area contributed by atoms with Crippen molar-refractivity contribution in [2.45, 2.75) is 19.8 Å². The lowest BCUT2D eigenvalue weighted by atomic mass is 10.1. The van der Waals surface area contributed by atoms with Gasteiger partial charge in [0.05, 0.1) is 0 Å². The Hall–Kier alpha value is -2.90. The van der Waals surface area contributed by atoms with E-state index in [1.54, 1.807) is 0 Å². The van der Waals surface area contributed by atoms with Crippen LogP contribution < -0.4 is 10.4 Å².